The van der Waals surface area contributed by atoms with E-state index in [1.165, 1.54) is 0 Å². The van der Waals surface area contributed by atoms with Crippen molar-refractivity contribution in [2.45, 2.75) is 39.3 Å². The van der Waals surface area contributed by atoms with Crippen molar-refractivity contribution in [2.24, 2.45) is 5.92 Å². The summed E-state index contributed by atoms with van der Waals surface area (Å²) in [6.45, 7) is 9.57. The molecule has 4 nitrogen and oxygen atoms in total. The Morgan fingerprint density at radius 3 is 2.33 bits per heavy atom. The predicted molar refractivity (Wildman–Crippen MR) is 62.4 cm³/mol. The first kappa shape index (κ1) is 14.5. The largest absolute Gasteiger partial charge is 0.444 e. The molecule has 0 aromatic carbocycles. The molecule has 2 N–H and O–H groups in total. The van der Waals surface area contributed by atoms with Crippen LogP contribution in [0.3, 0.4) is 0 Å². The first-order valence-corrected chi connectivity index (χ1v) is 5.09. The minimum Gasteiger partial charge on any atom is -0.444 e. The fourth-order valence-electron chi connectivity index (χ4n) is 1.28. The summed E-state index contributed by atoms with van der Waals surface area (Å²) in [6, 6.07) is 0.186. The van der Waals surface area contributed by atoms with Crippen molar-refractivity contribution < 1.29 is 9.53 Å². The van der Waals surface area contributed by atoms with Gasteiger partial charge in [-0.2, -0.15) is 0 Å². The Morgan fingerprint density at radius 1 is 1.47 bits per heavy atom. The monoisotopic (exact) mass is 236 g/mol. The fourth-order valence-corrected chi connectivity index (χ4v) is 1.28. The van der Waals surface area contributed by atoms with Gasteiger partial charge in [0.15, 0.2) is 0 Å². The van der Waals surface area contributed by atoms with Crippen LogP contribution in [-0.4, -0.2) is 30.8 Å². The van der Waals surface area contributed by atoms with Gasteiger partial charge in [0.05, 0.1) is 0 Å². The van der Waals surface area contributed by atoms with Crippen LogP contribution in [0.2, 0.25) is 0 Å². The molecule has 0 saturated carbocycles. The SMILES string of the molecule is C[C@H](NC(=O)OC(C)(C)C)C1CNC1.Cl. The van der Waals surface area contributed by atoms with Crippen LogP contribution in [0, 0.1) is 5.92 Å². The van der Waals surface area contributed by atoms with Crippen molar-refractivity contribution in [3.63, 3.8) is 0 Å². The summed E-state index contributed by atoms with van der Waals surface area (Å²) < 4.78 is 5.16. The van der Waals surface area contributed by atoms with Gasteiger partial charge in [-0.25, -0.2) is 4.79 Å². The zero-order valence-corrected chi connectivity index (χ0v) is 10.6. The second kappa shape index (κ2) is 5.56. The zero-order chi connectivity index (χ0) is 10.8. The van der Waals surface area contributed by atoms with Gasteiger partial charge in [-0.05, 0) is 27.7 Å². The van der Waals surface area contributed by atoms with Crippen LogP contribution in [0.1, 0.15) is 27.7 Å². The van der Waals surface area contributed by atoms with Crippen molar-refractivity contribution in [1.82, 2.24) is 10.6 Å². The average Bonchev–Trinajstić information content (AvgIpc) is 1.75. The first-order valence-electron chi connectivity index (χ1n) is 5.09. The molecule has 5 heteroatoms. The fraction of sp³-hybridized carbons (Fsp3) is 0.900. The summed E-state index contributed by atoms with van der Waals surface area (Å²) in [4.78, 5) is 11.4. The van der Waals surface area contributed by atoms with E-state index in [4.69, 9.17) is 4.74 Å². The Bertz CT molecular complexity index is 212. The first-order chi connectivity index (χ1) is 6.38. The molecule has 1 amide bonds. The second-order valence-corrected chi connectivity index (χ2v) is 4.85. The molecule has 0 unspecified atom stereocenters. The highest BCUT2D eigenvalue weighted by molar-refractivity contribution is 5.85. The lowest BCUT2D eigenvalue weighted by Gasteiger charge is -2.33. The van der Waals surface area contributed by atoms with Gasteiger partial charge in [-0.1, -0.05) is 0 Å². The molecule has 1 rings (SSSR count). The predicted octanol–water partition coefficient (Wildman–Crippen LogP) is 1.54. The standard InChI is InChI=1S/C10H20N2O2.ClH/c1-7(8-5-11-6-8)12-9(13)14-10(2,3)4;/h7-8,11H,5-6H2,1-4H3,(H,12,13);1H/t7-;/m0./s1. The number of nitrogens with one attached hydrogen (secondary N) is 2. The number of amides is 1. The maximum absolute atomic E-state index is 11.4. The average molecular weight is 237 g/mol. The van der Waals surface area contributed by atoms with Crippen molar-refractivity contribution in [2.75, 3.05) is 13.1 Å². The van der Waals surface area contributed by atoms with Crippen molar-refractivity contribution in [3.8, 4) is 0 Å². The van der Waals surface area contributed by atoms with Gasteiger partial charge in [-0.15, -0.1) is 12.4 Å². The maximum Gasteiger partial charge on any atom is 0.407 e. The smallest absolute Gasteiger partial charge is 0.407 e. The molecule has 0 bridgehead atoms. The molecule has 1 heterocycles. The summed E-state index contributed by atoms with van der Waals surface area (Å²) in [5.41, 5.74) is -0.415. The highest BCUT2D eigenvalue weighted by Crippen LogP contribution is 2.11. The Kier molecular flexibility index (Phi) is 5.38. The Balaban J connectivity index is 0.00000196. The number of carbonyl (C=O) groups excluding carboxylic acids is 1. The van der Waals surface area contributed by atoms with Crippen LogP contribution in [0.15, 0.2) is 0 Å². The molecule has 15 heavy (non-hydrogen) atoms. The normalized spacial score (nSPS) is 18.4. The quantitative estimate of drug-likeness (QED) is 0.765. The van der Waals surface area contributed by atoms with Crippen molar-refractivity contribution in [1.29, 1.82) is 0 Å². The number of ether oxygens (including phenoxy) is 1. The minimum atomic E-state index is -0.415. The molecule has 1 aliphatic heterocycles. The van der Waals surface area contributed by atoms with Gasteiger partial charge < -0.3 is 15.4 Å². The van der Waals surface area contributed by atoms with Crippen molar-refractivity contribution >= 4 is 18.5 Å². The molecule has 0 radical (unpaired) electrons. The second-order valence-electron chi connectivity index (χ2n) is 4.85. The molecule has 1 fully saturated rings. The molecule has 0 aromatic heterocycles. The zero-order valence-electron chi connectivity index (χ0n) is 9.79. The van der Waals surface area contributed by atoms with Crippen LogP contribution in [0.4, 0.5) is 4.79 Å². The maximum atomic E-state index is 11.4. The third-order valence-corrected chi connectivity index (χ3v) is 2.26. The molecule has 0 aliphatic carbocycles. The molecule has 90 valence electrons. The Hall–Kier alpha value is -0.480. The van der Waals surface area contributed by atoms with Crippen molar-refractivity contribution in [3.05, 3.63) is 0 Å². The number of halogens is 1. The number of rotatable bonds is 2. The lowest BCUT2D eigenvalue weighted by atomic mass is 9.95. The molecular formula is C10H21ClN2O2. The molecule has 1 saturated heterocycles. The van der Waals surface area contributed by atoms with Gasteiger partial charge in [0.2, 0.25) is 0 Å². The Morgan fingerprint density at radius 2 is 2.00 bits per heavy atom. The minimum absolute atomic E-state index is 0. The molecule has 0 spiro atoms. The van der Waals surface area contributed by atoms with Gasteiger partial charge in [0.1, 0.15) is 5.60 Å². The third kappa shape index (κ3) is 5.23. The lowest BCUT2D eigenvalue weighted by Crippen LogP contribution is -2.53. The Labute approximate surface area is 97.5 Å². The summed E-state index contributed by atoms with van der Waals surface area (Å²) >= 11 is 0. The highest BCUT2D eigenvalue weighted by Gasteiger charge is 2.26. The number of carbonyl (C=O) groups is 1. The van der Waals surface area contributed by atoms with E-state index in [2.05, 4.69) is 10.6 Å². The van der Waals surface area contributed by atoms with E-state index < -0.39 is 5.60 Å². The van der Waals surface area contributed by atoms with E-state index in [0.29, 0.717) is 5.92 Å². The van der Waals surface area contributed by atoms with Gasteiger partial charge in [0, 0.05) is 25.0 Å². The van der Waals surface area contributed by atoms with E-state index in [1.54, 1.807) is 0 Å². The summed E-state index contributed by atoms with van der Waals surface area (Å²) in [5.74, 6) is 0.544. The van der Waals surface area contributed by atoms with Gasteiger partial charge in [0.25, 0.3) is 0 Å². The molecule has 1 aliphatic rings. The molecule has 1 atom stereocenters. The van der Waals surface area contributed by atoms with Crippen LogP contribution in [0.5, 0.6) is 0 Å². The van der Waals surface area contributed by atoms with Crippen LogP contribution >= 0.6 is 12.4 Å². The van der Waals surface area contributed by atoms with Gasteiger partial charge >= 0.3 is 6.09 Å². The van der Waals surface area contributed by atoms with Crippen LogP contribution in [0.25, 0.3) is 0 Å². The van der Waals surface area contributed by atoms with Gasteiger partial charge in [-0.3, -0.25) is 0 Å². The lowest BCUT2D eigenvalue weighted by molar-refractivity contribution is 0.0481. The van der Waals surface area contributed by atoms with E-state index in [0.717, 1.165) is 13.1 Å². The third-order valence-electron chi connectivity index (χ3n) is 2.26. The van der Waals surface area contributed by atoms with E-state index in [9.17, 15) is 4.79 Å². The van der Waals surface area contributed by atoms with E-state index in [1.807, 2.05) is 27.7 Å². The summed E-state index contributed by atoms with van der Waals surface area (Å²) in [5, 5.41) is 6.01. The summed E-state index contributed by atoms with van der Waals surface area (Å²) in [6.07, 6.45) is -0.322. The topological polar surface area (TPSA) is 50.4 Å². The van der Waals surface area contributed by atoms with E-state index in [-0.39, 0.29) is 24.5 Å². The number of hydrogen-bond donors (Lipinski definition) is 2. The number of hydrogen-bond acceptors (Lipinski definition) is 3. The summed E-state index contributed by atoms with van der Waals surface area (Å²) in [7, 11) is 0. The van der Waals surface area contributed by atoms with Crippen LogP contribution < -0.4 is 10.6 Å². The van der Waals surface area contributed by atoms with E-state index >= 15 is 0 Å². The highest BCUT2D eigenvalue weighted by atomic mass is 35.5. The number of alkyl carbamates (subject to hydrolysis) is 1. The molecular weight excluding hydrogens is 216 g/mol. The van der Waals surface area contributed by atoms with Crippen LogP contribution in [-0.2, 0) is 4.74 Å². The molecule has 0 aromatic rings.